The third-order valence-corrected chi connectivity index (χ3v) is 1.80. The zero-order valence-corrected chi connectivity index (χ0v) is 8.60. The highest BCUT2D eigenvalue weighted by molar-refractivity contribution is 5.28. The second-order valence-electron chi connectivity index (χ2n) is 2.44. The van der Waals surface area contributed by atoms with E-state index in [-0.39, 0.29) is 12.4 Å². The SMILES string of the molecule is CC.CCc1cccc(F)c1CN. The van der Waals surface area contributed by atoms with Gasteiger partial charge in [-0.25, -0.2) is 4.39 Å². The molecule has 0 atom stereocenters. The molecule has 0 unspecified atom stereocenters. The molecule has 1 rings (SSSR count). The van der Waals surface area contributed by atoms with Crippen LogP contribution in [0.2, 0.25) is 0 Å². The van der Waals surface area contributed by atoms with Gasteiger partial charge in [-0.2, -0.15) is 0 Å². The molecule has 1 nitrogen and oxygen atoms in total. The van der Waals surface area contributed by atoms with Crippen LogP contribution in [-0.4, -0.2) is 0 Å². The minimum atomic E-state index is -0.188. The van der Waals surface area contributed by atoms with Gasteiger partial charge in [0.25, 0.3) is 0 Å². The Bertz CT molecular complexity index is 246. The van der Waals surface area contributed by atoms with E-state index in [2.05, 4.69) is 0 Å². The monoisotopic (exact) mass is 183 g/mol. The predicted octanol–water partition coefficient (Wildman–Crippen LogP) is 2.87. The average Bonchev–Trinajstić information content (AvgIpc) is 2.20. The number of hydrogen-bond acceptors (Lipinski definition) is 1. The lowest BCUT2D eigenvalue weighted by Gasteiger charge is -2.04. The first-order valence-corrected chi connectivity index (χ1v) is 4.76. The van der Waals surface area contributed by atoms with E-state index in [4.69, 9.17) is 5.73 Å². The summed E-state index contributed by atoms with van der Waals surface area (Å²) in [6.45, 7) is 6.28. The summed E-state index contributed by atoms with van der Waals surface area (Å²) < 4.78 is 13.0. The summed E-state index contributed by atoms with van der Waals surface area (Å²) in [4.78, 5) is 0. The molecule has 2 N–H and O–H groups in total. The molecule has 0 bridgehead atoms. The van der Waals surface area contributed by atoms with Crippen LogP contribution < -0.4 is 5.73 Å². The van der Waals surface area contributed by atoms with Crippen LogP contribution in [0.5, 0.6) is 0 Å². The summed E-state index contributed by atoms with van der Waals surface area (Å²) in [5, 5.41) is 0. The molecule has 13 heavy (non-hydrogen) atoms. The molecular formula is C11H18FN. The molecule has 0 radical (unpaired) electrons. The Morgan fingerprint density at radius 1 is 1.31 bits per heavy atom. The highest BCUT2D eigenvalue weighted by atomic mass is 19.1. The van der Waals surface area contributed by atoms with Crippen molar-refractivity contribution in [3.63, 3.8) is 0 Å². The normalized spacial score (nSPS) is 9.00. The van der Waals surface area contributed by atoms with Crippen molar-refractivity contribution in [1.29, 1.82) is 0 Å². The number of aryl methyl sites for hydroxylation is 1. The maximum atomic E-state index is 13.0. The first kappa shape index (κ1) is 12.1. The Kier molecular flexibility index (Phi) is 6.15. The molecule has 0 saturated heterocycles. The summed E-state index contributed by atoms with van der Waals surface area (Å²) in [5.74, 6) is -0.188. The van der Waals surface area contributed by atoms with E-state index in [0.29, 0.717) is 5.56 Å². The number of halogens is 1. The van der Waals surface area contributed by atoms with E-state index in [1.807, 2.05) is 26.8 Å². The highest BCUT2D eigenvalue weighted by Gasteiger charge is 2.03. The van der Waals surface area contributed by atoms with Crippen LogP contribution >= 0.6 is 0 Å². The van der Waals surface area contributed by atoms with Crippen molar-refractivity contribution in [3.05, 3.63) is 35.1 Å². The van der Waals surface area contributed by atoms with Gasteiger partial charge in [0.2, 0.25) is 0 Å². The summed E-state index contributed by atoms with van der Waals surface area (Å²) >= 11 is 0. The summed E-state index contributed by atoms with van der Waals surface area (Å²) in [5.41, 5.74) is 7.04. The van der Waals surface area contributed by atoms with Gasteiger partial charge in [0.15, 0.2) is 0 Å². The molecule has 74 valence electrons. The van der Waals surface area contributed by atoms with E-state index in [1.54, 1.807) is 6.07 Å². The average molecular weight is 183 g/mol. The van der Waals surface area contributed by atoms with Crippen molar-refractivity contribution >= 4 is 0 Å². The van der Waals surface area contributed by atoms with Crippen molar-refractivity contribution in [3.8, 4) is 0 Å². The van der Waals surface area contributed by atoms with Crippen LogP contribution in [0.3, 0.4) is 0 Å². The van der Waals surface area contributed by atoms with Crippen LogP contribution in [0.25, 0.3) is 0 Å². The lowest BCUT2D eigenvalue weighted by molar-refractivity contribution is 0.607. The number of nitrogens with two attached hydrogens (primary N) is 1. The smallest absolute Gasteiger partial charge is 0.127 e. The number of rotatable bonds is 2. The summed E-state index contributed by atoms with van der Waals surface area (Å²) in [7, 11) is 0. The zero-order valence-electron chi connectivity index (χ0n) is 8.60. The van der Waals surface area contributed by atoms with E-state index < -0.39 is 0 Å². The highest BCUT2D eigenvalue weighted by Crippen LogP contribution is 2.12. The van der Waals surface area contributed by atoms with E-state index >= 15 is 0 Å². The zero-order chi connectivity index (χ0) is 10.3. The second kappa shape index (κ2) is 6.61. The first-order chi connectivity index (χ1) is 6.29. The molecule has 0 heterocycles. The molecule has 0 aliphatic heterocycles. The largest absolute Gasteiger partial charge is 0.326 e. The number of hydrogen-bond donors (Lipinski definition) is 1. The summed E-state index contributed by atoms with van der Waals surface area (Å²) in [6.07, 6.45) is 0.838. The van der Waals surface area contributed by atoms with Gasteiger partial charge < -0.3 is 5.73 Å². The van der Waals surface area contributed by atoms with E-state index in [1.165, 1.54) is 6.07 Å². The van der Waals surface area contributed by atoms with Gasteiger partial charge in [-0.3, -0.25) is 0 Å². The molecule has 0 saturated carbocycles. The lowest BCUT2D eigenvalue weighted by Crippen LogP contribution is -2.03. The number of benzene rings is 1. The fourth-order valence-electron chi connectivity index (χ4n) is 1.16. The van der Waals surface area contributed by atoms with Gasteiger partial charge in [0, 0.05) is 12.1 Å². The lowest BCUT2D eigenvalue weighted by atomic mass is 10.1. The van der Waals surface area contributed by atoms with Gasteiger partial charge in [0.05, 0.1) is 0 Å². The quantitative estimate of drug-likeness (QED) is 0.749. The predicted molar refractivity (Wildman–Crippen MR) is 55.0 cm³/mol. The molecule has 1 aromatic rings. The third-order valence-electron chi connectivity index (χ3n) is 1.80. The molecule has 0 aliphatic carbocycles. The van der Waals surface area contributed by atoms with Crippen LogP contribution in [-0.2, 0) is 13.0 Å². The van der Waals surface area contributed by atoms with Crippen LogP contribution in [0.4, 0.5) is 4.39 Å². The fraction of sp³-hybridized carbons (Fsp3) is 0.455. The Morgan fingerprint density at radius 2 is 1.92 bits per heavy atom. The second-order valence-corrected chi connectivity index (χ2v) is 2.44. The van der Waals surface area contributed by atoms with Crippen molar-refractivity contribution in [1.82, 2.24) is 0 Å². The van der Waals surface area contributed by atoms with Gasteiger partial charge in [-0.05, 0) is 18.1 Å². The van der Waals surface area contributed by atoms with Crippen LogP contribution in [0, 0.1) is 5.82 Å². The molecule has 2 heteroatoms. The Hall–Kier alpha value is -0.890. The van der Waals surface area contributed by atoms with Crippen LogP contribution in [0.1, 0.15) is 31.9 Å². The van der Waals surface area contributed by atoms with Crippen molar-refractivity contribution in [2.75, 3.05) is 0 Å². The Labute approximate surface area is 79.8 Å². The maximum absolute atomic E-state index is 13.0. The Morgan fingerprint density at radius 3 is 2.31 bits per heavy atom. The molecule has 0 fully saturated rings. The first-order valence-electron chi connectivity index (χ1n) is 4.76. The minimum absolute atomic E-state index is 0.188. The van der Waals surface area contributed by atoms with Crippen molar-refractivity contribution in [2.45, 2.75) is 33.7 Å². The fourth-order valence-corrected chi connectivity index (χ4v) is 1.16. The minimum Gasteiger partial charge on any atom is -0.326 e. The standard InChI is InChI=1S/C9H12FN.C2H6/c1-2-7-4-3-5-9(10)8(7)6-11;1-2/h3-5H,2,6,11H2,1H3;1-2H3. The van der Waals surface area contributed by atoms with E-state index in [9.17, 15) is 4.39 Å². The van der Waals surface area contributed by atoms with Gasteiger partial charge in [0.1, 0.15) is 5.82 Å². The van der Waals surface area contributed by atoms with Crippen molar-refractivity contribution < 1.29 is 4.39 Å². The van der Waals surface area contributed by atoms with Gasteiger partial charge in [-0.15, -0.1) is 0 Å². The molecule has 0 aromatic heterocycles. The Balaban J connectivity index is 0.000000671. The molecule has 0 aliphatic rings. The summed E-state index contributed by atoms with van der Waals surface area (Å²) in [6, 6.07) is 5.07. The van der Waals surface area contributed by atoms with E-state index in [0.717, 1.165) is 12.0 Å². The third kappa shape index (κ3) is 3.15. The topological polar surface area (TPSA) is 26.0 Å². The van der Waals surface area contributed by atoms with Crippen LogP contribution in [0.15, 0.2) is 18.2 Å². The molecule has 0 spiro atoms. The molecule has 0 amide bonds. The van der Waals surface area contributed by atoms with Gasteiger partial charge in [-0.1, -0.05) is 32.9 Å². The maximum Gasteiger partial charge on any atom is 0.127 e. The molecular weight excluding hydrogens is 165 g/mol. The van der Waals surface area contributed by atoms with Crippen molar-refractivity contribution in [2.24, 2.45) is 5.73 Å². The molecule has 1 aromatic carbocycles. The van der Waals surface area contributed by atoms with Gasteiger partial charge >= 0.3 is 0 Å².